The molecule has 3 rings (SSSR count). The molecule has 0 aliphatic carbocycles. The SMILES string of the molecule is CN1C(=N)N[C@](C)(C(=O)NCc2ccccc2)[C@H](c2ccc(C(C)(C)C)cc2)C1=O. The molecule has 0 bridgehead atoms. The Labute approximate surface area is 178 Å². The van der Waals surface area contributed by atoms with Crippen molar-refractivity contribution in [2.45, 2.75) is 51.1 Å². The van der Waals surface area contributed by atoms with Gasteiger partial charge in [0.2, 0.25) is 11.8 Å². The number of amides is 2. The first-order chi connectivity index (χ1) is 14.0. The maximum Gasteiger partial charge on any atom is 0.246 e. The summed E-state index contributed by atoms with van der Waals surface area (Å²) in [6.45, 7) is 8.43. The smallest absolute Gasteiger partial charge is 0.246 e. The van der Waals surface area contributed by atoms with E-state index in [1.54, 1.807) is 14.0 Å². The van der Waals surface area contributed by atoms with Gasteiger partial charge in [-0.3, -0.25) is 19.9 Å². The summed E-state index contributed by atoms with van der Waals surface area (Å²) in [6, 6.07) is 17.4. The highest BCUT2D eigenvalue weighted by atomic mass is 16.2. The minimum Gasteiger partial charge on any atom is -0.350 e. The van der Waals surface area contributed by atoms with Gasteiger partial charge in [0, 0.05) is 13.6 Å². The Bertz CT molecular complexity index is 947. The van der Waals surface area contributed by atoms with E-state index < -0.39 is 11.5 Å². The average molecular weight is 407 g/mol. The molecule has 6 nitrogen and oxygen atoms in total. The van der Waals surface area contributed by atoms with Gasteiger partial charge in [-0.1, -0.05) is 75.4 Å². The maximum absolute atomic E-state index is 13.3. The molecule has 2 aromatic carbocycles. The van der Waals surface area contributed by atoms with Crippen LogP contribution in [0.15, 0.2) is 54.6 Å². The van der Waals surface area contributed by atoms with Crippen LogP contribution < -0.4 is 10.6 Å². The molecule has 1 aliphatic heterocycles. The largest absolute Gasteiger partial charge is 0.350 e. The van der Waals surface area contributed by atoms with Crippen molar-refractivity contribution in [3.63, 3.8) is 0 Å². The van der Waals surface area contributed by atoms with Gasteiger partial charge in [-0.25, -0.2) is 0 Å². The van der Waals surface area contributed by atoms with E-state index in [0.29, 0.717) is 6.54 Å². The Morgan fingerprint density at radius 1 is 1.13 bits per heavy atom. The van der Waals surface area contributed by atoms with Crippen LogP contribution in [-0.4, -0.2) is 35.3 Å². The zero-order valence-electron chi connectivity index (χ0n) is 18.2. The molecule has 1 saturated heterocycles. The molecule has 30 heavy (non-hydrogen) atoms. The quantitative estimate of drug-likeness (QED) is 0.729. The fourth-order valence-electron chi connectivity index (χ4n) is 3.75. The number of likely N-dealkylation sites (N-methyl/N-ethyl adjacent to an activating group) is 1. The van der Waals surface area contributed by atoms with Crippen LogP contribution in [-0.2, 0) is 21.5 Å². The van der Waals surface area contributed by atoms with Crippen molar-refractivity contribution in [3.8, 4) is 0 Å². The number of nitrogens with zero attached hydrogens (tertiary/aromatic N) is 1. The van der Waals surface area contributed by atoms with Crippen LogP contribution in [0.5, 0.6) is 0 Å². The lowest BCUT2D eigenvalue weighted by Crippen LogP contribution is -2.69. The highest BCUT2D eigenvalue weighted by Crippen LogP contribution is 2.35. The predicted octanol–water partition coefficient (Wildman–Crippen LogP) is 3.14. The summed E-state index contributed by atoms with van der Waals surface area (Å²) < 4.78 is 0. The fraction of sp³-hybridized carbons (Fsp3) is 0.375. The van der Waals surface area contributed by atoms with Crippen LogP contribution in [0.25, 0.3) is 0 Å². The summed E-state index contributed by atoms with van der Waals surface area (Å²) in [5.41, 5.74) is 1.58. The Kier molecular flexibility index (Phi) is 5.70. The van der Waals surface area contributed by atoms with E-state index in [-0.39, 0.29) is 23.2 Å². The molecule has 3 N–H and O–H groups in total. The summed E-state index contributed by atoms with van der Waals surface area (Å²) >= 11 is 0. The van der Waals surface area contributed by atoms with E-state index in [9.17, 15) is 9.59 Å². The van der Waals surface area contributed by atoms with E-state index in [2.05, 4.69) is 31.4 Å². The monoisotopic (exact) mass is 406 g/mol. The van der Waals surface area contributed by atoms with Crippen LogP contribution in [0.2, 0.25) is 0 Å². The van der Waals surface area contributed by atoms with Crippen molar-refractivity contribution in [2.75, 3.05) is 7.05 Å². The molecular formula is C24H30N4O2. The second kappa shape index (κ2) is 7.94. The first kappa shape index (κ1) is 21.6. The zero-order valence-corrected chi connectivity index (χ0v) is 18.2. The Morgan fingerprint density at radius 3 is 2.30 bits per heavy atom. The number of carbonyl (C=O) groups is 2. The molecule has 0 radical (unpaired) electrons. The standard InChI is InChI=1S/C24H30N4O2/c1-23(2,3)18-13-11-17(12-14-18)19-20(29)28(5)22(25)27-24(19,4)21(30)26-15-16-9-7-6-8-10-16/h6-14,19H,15H2,1-5H3,(H2,25,27)(H,26,30)/t19-,24+/m1/s1. The summed E-state index contributed by atoms with van der Waals surface area (Å²) in [5, 5.41) is 14.1. The van der Waals surface area contributed by atoms with Gasteiger partial charge < -0.3 is 10.6 Å². The van der Waals surface area contributed by atoms with Crippen molar-refractivity contribution in [1.29, 1.82) is 5.41 Å². The van der Waals surface area contributed by atoms with Gasteiger partial charge in [-0.05, 0) is 29.0 Å². The number of hydrogen-bond acceptors (Lipinski definition) is 3. The molecule has 0 saturated carbocycles. The molecule has 0 aromatic heterocycles. The summed E-state index contributed by atoms with van der Waals surface area (Å²) in [6.07, 6.45) is 0. The van der Waals surface area contributed by atoms with Crippen LogP contribution in [0.3, 0.4) is 0 Å². The molecule has 1 heterocycles. The predicted molar refractivity (Wildman–Crippen MR) is 118 cm³/mol. The first-order valence-electron chi connectivity index (χ1n) is 10.1. The molecule has 2 aromatic rings. The van der Waals surface area contributed by atoms with Gasteiger partial charge in [0.1, 0.15) is 5.54 Å². The van der Waals surface area contributed by atoms with Crippen molar-refractivity contribution in [3.05, 3.63) is 71.3 Å². The van der Waals surface area contributed by atoms with E-state index in [4.69, 9.17) is 5.41 Å². The molecule has 0 unspecified atom stereocenters. The van der Waals surface area contributed by atoms with Gasteiger partial charge in [0.25, 0.3) is 0 Å². The van der Waals surface area contributed by atoms with E-state index in [0.717, 1.165) is 16.7 Å². The number of hydrogen-bond donors (Lipinski definition) is 3. The maximum atomic E-state index is 13.3. The van der Waals surface area contributed by atoms with Crippen molar-refractivity contribution >= 4 is 17.8 Å². The lowest BCUT2D eigenvalue weighted by Gasteiger charge is -2.44. The van der Waals surface area contributed by atoms with Crippen molar-refractivity contribution in [1.82, 2.24) is 15.5 Å². The number of benzene rings is 2. The topological polar surface area (TPSA) is 85.3 Å². The van der Waals surface area contributed by atoms with Gasteiger partial charge in [-0.2, -0.15) is 0 Å². The Morgan fingerprint density at radius 2 is 1.73 bits per heavy atom. The second-order valence-corrected chi connectivity index (χ2v) is 9.05. The summed E-state index contributed by atoms with van der Waals surface area (Å²) in [7, 11) is 1.55. The molecular weight excluding hydrogens is 376 g/mol. The zero-order chi connectivity index (χ0) is 22.1. The van der Waals surface area contributed by atoms with E-state index >= 15 is 0 Å². The third-order valence-electron chi connectivity index (χ3n) is 5.75. The highest BCUT2D eigenvalue weighted by molar-refractivity contribution is 6.08. The molecule has 158 valence electrons. The van der Waals surface area contributed by atoms with Gasteiger partial charge in [0.05, 0.1) is 5.92 Å². The van der Waals surface area contributed by atoms with Gasteiger partial charge in [0.15, 0.2) is 5.96 Å². The van der Waals surface area contributed by atoms with Crippen molar-refractivity contribution < 1.29 is 9.59 Å². The number of carbonyl (C=O) groups excluding carboxylic acids is 2. The summed E-state index contributed by atoms with van der Waals surface area (Å²) in [4.78, 5) is 27.7. The lowest BCUT2D eigenvalue weighted by atomic mass is 9.76. The molecule has 2 atom stereocenters. The van der Waals surface area contributed by atoms with Crippen LogP contribution in [0.4, 0.5) is 0 Å². The summed E-state index contributed by atoms with van der Waals surface area (Å²) in [5.74, 6) is -1.43. The van der Waals surface area contributed by atoms with Crippen LogP contribution >= 0.6 is 0 Å². The highest BCUT2D eigenvalue weighted by Gasteiger charge is 2.52. The number of rotatable bonds is 4. The Balaban J connectivity index is 1.93. The lowest BCUT2D eigenvalue weighted by molar-refractivity contribution is -0.139. The van der Waals surface area contributed by atoms with Crippen molar-refractivity contribution in [2.24, 2.45) is 0 Å². The third kappa shape index (κ3) is 4.08. The Hall–Kier alpha value is -3.15. The first-order valence-corrected chi connectivity index (χ1v) is 10.1. The molecule has 1 fully saturated rings. The molecule has 6 heteroatoms. The van der Waals surface area contributed by atoms with Crippen LogP contribution in [0, 0.1) is 5.41 Å². The van der Waals surface area contributed by atoms with Crippen LogP contribution in [0.1, 0.15) is 50.3 Å². The molecule has 0 spiro atoms. The van der Waals surface area contributed by atoms with E-state index in [1.165, 1.54) is 4.90 Å². The number of nitrogens with one attached hydrogen (secondary N) is 3. The fourth-order valence-corrected chi connectivity index (χ4v) is 3.75. The average Bonchev–Trinajstić information content (AvgIpc) is 2.71. The van der Waals surface area contributed by atoms with E-state index in [1.807, 2.05) is 54.6 Å². The minimum atomic E-state index is -1.28. The molecule has 1 aliphatic rings. The normalized spacial score (nSPS) is 21.9. The second-order valence-electron chi connectivity index (χ2n) is 9.05. The van der Waals surface area contributed by atoms with Gasteiger partial charge in [-0.15, -0.1) is 0 Å². The number of guanidine groups is 1. The third-order valence-corrected chi connectivity index (χ3v) is 5.75. The van der Waals surface area contributed by atoms with Gasteiger partial charge >= 0.3 is 0 Å². The minimum absolute atomic E-state index is 0.0113. The molecule has 2 amide bonds.